The minimum absolute atomic E-state index is 0.881. The molecule has 18 heavy (non-hydrogen) atoms. The smallest absolute Gasteiger partial charge is 0.0386 e. The van der Waals surface area contributed by atoms with Crippen LogP contribution in [0, 0.1) is 12.3 Å². The van der Waals surface area contributed by atoms with Crippen LogP contribution in [0.5, 0.6) is 0 Å². The summed E-state index contributed by atoms with van der Waals surface area (Å²) in [5, 5.41) is 0. The first-order chi connectivity index (χ1) is 8.77. The first-order valence-corrected chi connectivity index (χ1v) is 8.59. The van der Waals surface area contributed by atoms with Crippen molar-refractivity contribution in [2.75, 3.05) is 0 Å². The largest absolute Gasteiger partial charge is 0.0654 e. The molecule has 0 atom stereocenters. The molecule has 0 N–H and O–H groups in total. The van der Waals surface area contributed by atoms with Crippen LogP contribution in [0.4, 0.5) is 0 Å². The van der Waals surface area contributed by atoms with Gasteiger partial charge < -0.3 is 0 Å². The van der Waals surface area contributed by atoms with Gasteiger partial charge in [-0.3, -0.25) is 0 Å². The fourth-order valence-electron chi connectivity index (χ4n) is 2.41. The fourth-order valence-corrected chi connectivity index (χ4v) is 2.41. The minimum atomic E-state index is 0.881. The van der Waals surface area contributed by atoms with Crippen LogP contribution in [0.25, 0.3) is 0 Å². The van der Waals surface area contributed by atoms with Gasteiger partial charge in [-0.15, -0.1) is 0 Å². The molecule has 0 saturated heterocycles. The molecule has 0 heterocycles. The molecule has 0 bridgehead atoms. The van der Waals surface area contributed by atoms with Gasteiger partial charge in [-0.25, -0.2) is 0 Å². The van der Waals surface area contributed by atoms with Crippen LogP contribution < -0.4 is 0 Å². The lowest BCUT2D eigenvalue weighted by Crippen LogP contribution is -1.88. The third kappa shape index (κ3) is 16.0. The first-order valence-electron chi connectivity index (χ1n) is 8.59. The van der Waals surface area contributed by atoms with Crippen molar-refractivity contribution in [3.05, 3.63) is 6.42 Å². The maximum Gasteiger partial charge on any atom is -0.0386 e. The normalized spacial score (nSPS) is 11.3. The Balaban J connectivity index is 2.90. The molecular weight excluding hydrogens is 216 g/mol. The molecule has 109 valence electrons. The van der Waals surface area contributed by atoms with Gasteiger partial charge in [-0.1, -0.05) is 104 Å². The lowest BCUT2D eigenvalue weighted by atomic mass is 10.0. The zero-order chi connectivity index (χ0) is 13.5. The molecule has 0 saturated carbocycles. The van der Waals surface area contributed by atoms with Gasteiger partial charge in [0.2, 0.25) is 0 Å². The number of rotatable bonds is 14. The summed E-state index contributed by atoms with van der Waals surface area (Å²) in [5.74, 6) is 0.881. The summed E-state index contributed by atoms with van der Waals surface area (Å²) in [6.45, 7) is 6.93. The van der Waals surface area contributed by atoms with Crippen LogP contribution in [-0.4, -0.2) is 0 Å². The van der Waals surface area contributed by atoms with Crippen LogP contribution >= 0.6 is 0 Å². The second-order valence-corrected chi connectivity index (χ2v) is 6.23. The number of hydrogen-bond acceptors (Lipinski definition) is 0. The Hall–Kier alpha value is 0. The summed E-state index contributed by atoms with van der Waals surface area (Å²) >= 11 is 0. The molecule has 0 aromatic heterocycles. The summed E-state index contributed by atoms with van der Waals surface area (Å²) in [6.07, 6.45) is 21.0. The summed E-state index contributed by atoms with van der Waals surface area (Å²) in [5.41, 5.74) is 0. The van der Waals surface area contributed by atoms with Crippen molar-refractivity contribution in [1.82, 2.24) is 0 Å². The average Bonchev–Trinajstić information content (AvgIpc) is 2.34. The highest BCUT2D eigenvalue weighted by Crippen LogP contribution is 2.13. The number of unbranched alkanes of at least 4 members (excludes halogenated alkanes) is 12. The second-order valence-electron chi connectivity index (χ2n) is 6.23. The van der Waals surface area contributed by atoms with E-state index in [-0.39, 0.29) is 0 Å². The van der Waals surface area contributed by atoms with Gasteiger partial charge >= 0.3 is 0 Å². The highest BCUT2D eigenvalue weighted by atomic mass is 14.0. The highest BCUT2D eigenvalue weighted by molar-refractivity contribution is 4.65. The van der Waals surface area contributed by atoms with Gasteiger partial charge in [0.15, 0.2) is 0 Å². The van der Waals surface area contributed by atoms with Crippen molar-refractivity contribution >= 4 is 0 Å². The van der Waals surface area contributed by atoms with Crippen molar-refractivity contribution < 1.29 is 0 Å². The topological polar surface area (TPSA) is 0 Å². The molecule has 0 amide bonds. The Morgan fingerprint density at radius 3 is 1.72 bits per heavy atom. The van der Waals surface area contributed by atoms with Crippen molar-refractivity contribution in [3.63, 3.8) is 0 Å². The van der Waals surface area contributed by atoms with E-state index in [0.717, 1.165) is 5.92 Å². The molecule has 0 spiro atoms. The van der Waals surface area contributed by atoms with Crippen LogP contribution in [0.3, 0.4) is 0 Å². The molecule has 0 aliphatic carbocycles. The molecule has 0 heteroatoms. The predicted molar refractivity (Wildman–Crippen MR) is 84.8 cm³/mol. The standard InChI is InChI=1S/C18H37/c1-4-5-6-7-8-9-10-11-12-13-14-15-16-17-18(2)3/h14,18H,4-13,15-17H2,1-3H3. The van der Waals surface area contributed by atoms with Gasteiger partial charge in [0.1, 0.15) is 0 Å². The van der Waals surface area contributed by atoms with E-state index in [0.29, 0.717) is 0 Å². The van der Waals surface area contributed by atoms with E-state index in [1.165, 1.54) is 83.5 Å². The second kappa shape index (κ2) is 15.1. The molecule has 0 aromatic rings. The zero-order valence-electron chi connectivity index (χ0n) is 13.3. The quantitative estimate of drug-likeness (QED) is 0.294. The Morgan fingerprint density at radius 2 is 1.17 bits per heavy atom. The molecule has 0 aliphatic heterocycles. The van der Waals surface area contributed by atoms with Crippen molar-refractivity contribution in [3.8, 4) is 0 Å². The Kier molecular flexibility index (Phi) is 15.1. The molecule has 0 aromatic carbocycles. The molecule has 0 fully saturated rings. The van der Waals surface area contributed by atoms with E-state index in [2.05, 4.69) is 27.2 Å². The molecule has 1 radical (unpaired) electrons. The molecule has 0 aliphatic rings. The van der Waals surface area contributed by atoms with E-state index in [9.17, 15) is 0 Å². The molecule has 0 unspecified atom stereocenters. The summed E-state index contributed by atoms with van der Waals surface area (Å²) < 4.78 is 0. The lowest BCUT2D eigenvalue weighted by Gasteiger charge is -2.04. The van der Waals surface area contributed by atoms with Crippen LogP contribution in [0.1, 0.15) is 104 Å². The molecule has 0 nitrogen and oxygen atoms in total. The maximum absolute atomic E-state index is 2.52. The van der Waals surface area contributed by atoms with Gasteiger partial charge in [0.05, 0.1) is 0 Å². The lowest BCUT2D eigenvalue weighted by molar-refractivity contribution is 0.539. The summed E-state index contributed by atoms with van der Waals surface area (Å²) in [6, 6.07) is 0. The third-order valence-electron chi connectivity index (χ3n) is 3.70. The highest BCUT2D eigenvalue weighted by Gasteiger charge is 1.95. The van der Waals surface area contributed by atoms with Crippen LogP contribution in [-0.2, 0) is 0 Å². The Morgan fingerprint density at radius 1 is 0.667 bits per heavy atom. The van der Waals surface area contributed by atoms with E-state index >= 15 is 0 Å². The predicted octanol–water partition coefficient (Wildman–Crippen LogP) is 6.94. The van der Waals surface area contributed by atoms with Crippen LogP contribution in [0.15, 0.2) is 0 Å². The molecular formula is C18H37. The minimum Gasteiger partial charge on any atom is -0.0654 e. The fraction of sp³-hybridized carbons (Fsp3) is 0.944. The van der Waals surface area contributed by atoms with Gasteiger partial charge in [0.25, 0.3) is 0 Å². The average molecular weight is 253 g/mol. The van der Waals surface area contributed by atoms with Crippen molar-refractivity contribution in [2.45, 2.75) is 104 Å². The Labute approximate surface area is 117 Å². The van der Waals surface area contributed by atoms with Crippen LogP contribution in [0.2, 0.25) is 0 Å². The first kappa shape index (κ1) is 18.0. The summed E-state index contributed by atoms with van der Waals surface area (Å²) in [4.78, 5) is 0. The monoisotopic (exact) mass is 253 g/mol. The van der Waals surface area contributed by atoms with E-state index < -0.39 is 0 Å². The maximum atomic E-state index is 2.52. The summed E-state index contributed by atoms with van der Waals surface area (Å²) in [7, 11) is 0. The third-order valence-corrected chi connectivity index (χ3v) is 3.70. The van der Waals surface area contributed by atoms with E-state index in [1.807, 2.05) is 0 Å². The van der Waals surface area contributed by atoms with Gasteiger partial charge in [-0.05, 0) is 12.3 Å². The van der Waals surface area contributed by atoms with Crippen molar-refractivity contribution in [2.24, 2.45) is 5.92 Å². The number of hydrogen-bond donors (Lipinski definition) is 0. The van der Waals surface area contributed by atoms with Gasteiger partial charge in [0, 0.05) is 0 Å². The van der Waals surface area contributed by atoms with E-state index in [4.69, 9.17) is 0 Å². The SMILES string of the molecule is CCCCCCCCCCC[CH]CCCC(C)C. The Bertz CT molecular complexity index is 137. The van der Waals surface area contributed by atoms with Gasteiger partial charge in [-0.2, -0.15) is 0 Å². The van der Waals surface area contributed by atoms with Crippen molar-refractivity contribution in [1.29, 1.82) is 0 Å². The zero-order valence-corrected chi connectivity index (χ0v) is 13.3. The van der Waals surface area contributed by atoms with E-state index in [1.54, 1.807) is 0 Å². The molecule has 0 rings (SSSR count).